The lowest BCUT2D eigenvalue weighted by molar-refractivity contribution is -0.159. The second-order valence-electron chi connectivity index (χ2n) is 14.1. The quantitative estimate of drug-likeness (QED) is 0.386. The maximum Gasteiger partial charge on any atom is 0.00188 e. The van der Waals surface area contributed by atoms with Crippen molar-refractivity contribution in [3.63, 3.8) is 0 Å². The number of hydrogen-bond acceptors (Lipinski definition) is 0. The SMILES string of the molecule is CCCC(P1CCCCC1)(C12CC3CC(CC(C3)C1)C2)C12CC3CC(CC(C3)C1)C2. The minimum absolute atomic E-state index is 0.253. The number of hydrogen-bond donors (Lipinski definition) is 0. The van der Waals surface area contributed by atoms with Crippen molar-refractivity contribution in [1.82, 2.24) is 0 Å². The molecule has 8 saturated carbocycles. The first-order chi connectivity index (χ1) is 14.6. The molecule has 168 valence electrons. The maximum atomic E-state index is 2.59. The lowest BCUT2D eigenvalue weighted by Gasteiger charge is -2.75. The van der Waals surface area contributed by atoms with Gasteiger partial charge in [-0.15, -0.1) is 0 Å². The Morgan fingerprint density at radius 3 is 1.30 bits per heavy atom. The molecule has 1 aliphatic heterocycles. The fraction of sp³-hybridized carbons (Fsp3) is 1.00. The Hall–Kier alpha value is 0.430. The van der Waals surface area contributed by atoms with Gasteiger partial charge in [-0.3, -0.25) is 0 Å². The van der Waals surface area contributed by atoms with Crippen LogP contribution in [0.3, 0.4) is 0 Å². The van der Waals surface area contributed by atoms with Gasteiger partial charge in [0, 0.05) is 5.16 Å². The summed E-state index contributed by atoms with van der Waals surface area (Å²) in [5.41, 5.74) is 1.60. The van der Waals surface area contributed by atoms with Gasteiger partial charge in [0.1, 0.15) is 0 Å². The van der Waals surface area contributed by atoms with E-state index >= 15 is 0 Å². The van der Waals surface area contributed by atoms with E-state index in [1.807, 2.05) is 0 Å². The van der Waals surface area contributed by atoms with Crippen molar-refractivity contribution in [2.75, 3.05) is 12.3 Å². The molecular weight excluding hydrogens is 379 g/mol. The summed E-state index contributed by atoms with van der Waals surface area (Å²) in [5.74, 6) is 6.84. The van der Waals surface area contributed by atoms with Crippen molar-refractivity contribution in [2.24, 2.45) is 46.3 Å². The largest absolute Gasteiger partial charge is 0.0992 e. The second kappa shape index (κ2) is 6.97. The molecular formula is C29H47P. The van der Waals surface area contributed by atoms with E-state index in [9.17, 15) is 0 Å². The molecule has 0 atom stereocenters. The smallest absolute Gasteiger partial charge is 0.00188 e. The van der Waals surface area contributed by atoms with Crippen LogP contribution in [0, 0.1) is 46.3 Å². The number of rotatable bonds is 5. The second-order valence-corrected chi connectivity index (χ2v) is 16.8. The van der Waals surface area contributed by atoms with Crippen molar-refractivity contribution in [3.05, 3.63) is 0 Å². The monoisotopic (exact) mass is 426 g/mol. The Kier molecular flexibility index (Phi) is 4.61. The van der Waals surface area contributed by atoms with Crippen LogP contribution in [0.25, 0.3) is 0 Å². The average molecular weight is 427 g/mol. The van der Waals surface area contributed by atoms with E-state index in [2.05, 4.69) is 6.92 Å². The molecule has 0 unspecified atom stereocenters. The van der Waals surface area contributed by atoms with Gasteiger partial charge >= 0.3 is 0 Å². The van der Waals surface area contributed by atoms with E-state index in [-0.39, 0.29) is 7.92 Å². The fourth-order valence-corrected chi connectivity index (χ4v) is 17.4. The van der Waals surface area contributed by atoms with Gasteiger partial charge in [-0.25, -0.2) is 0 Å². The topological polar surface area (TPSA) is 0 Å². The van der Waals surface area contributed by atoms with Crippen LogP contribution in [0.5, 0.6) is 0 Å². The van der Waals surface area contributed by atoms with Gasteiger partial charge in [-0.2, -0.15) is 0 Å². The molecule has 9 aliphatic rings. The zero-order chi connectivity index (χ0) is 20.0. The normalized spacial score (nSPS) is 53.9. The Morgan fingerprint density at radius 2 is 0.967 bits per heavy atom. The van der Waals surface area contributed by atoms with Crippen molar-refractivity contribution in [2.45, 2.75) is 121 Å². The van der Waals surface area contributed by atoms with Gasteiger partial charge in [-0.1, -0.05) is 27.7 Å². The van der Waals surface area contributed by atoms with E-state index in [1.165, 1.54) is 6.42 Å². The van der Waals surface area contributed by atoms with Crippen LogP contribution in [-0.4, -0.2) is 17.5 Å². The van der Waals surface area contributed by atoms with Crippen molar-refractivity contribution in [3.8, 4) is 0 Å². The third kappa shape index (κ3) is 2.62. The summed E-state index contributed by atoms with van der Waals surface area (Å²) in [7, 11) is 0.253. The molecule has 1 heteroatoms. The summed E-state index contributed by atoms with van der Waals surface area (Å²) in [4.78, 5) is 0. The van der Waals surface area contributed by atoms with E-state index in [0.29, 0.717) is 0 Å². The van der Waals surface area contributed by atoms with Gasteiger partial charge < -0.3 is 0 Å². The van der Waals surface area contributed by atoms with Crippen LogP contribution >= 0.6 is 7.92 Å². The van der Waals surface area contributed by atoms with E-state index < -0.39 is 0 Å². The zero-order valence-electron chi connectivity index (χ0n) is 19.8. The van der Waals surface area contributed by atoms with Crippen LogP contribution in [-0.2, 0) is 0 Å². The van der Waals surface area contributed by atoms with Gasteiger partial charge in [0.2, 0.25) is 0 Å². The average Bonchev–Trinajstić information content (AvgIpc) is 2.70. The lowest BCUT2D eigenvalue weighted by atomic mass is 9.37. The molecule has 1 heterocycles. The standard InChI is InChI=1S/C29H47P/c1-2-6-29(30-7-4-3-5-8-30,27-15-21-9-22(16-27)11-23(10-21)17-27)28-18-24-12-25(19-28)14-26(13-24)20-28/h21-26H,2-20H2,1H3. The predicted octanol–water partition coefficient (Wildman–Crippen LogP) is 8.62. The highest BCUT2D eigenvalue weighted by Crippen LogP contribution is 2.82. The Labute approximate surface area is 187 Å². The Morgan fingerprint density at radius 1 is 0.600 bits per heavy atom. The molecule has 0 aromatic rings. The molecule has 8 bridgehead atoms. The highest BCUT2D eigenvalue weighted by molar-refractivity contribution is 7.59. The van der Waals surface area contributed by atoms with Crippen LogP contribution in [0.1, 0.15) is 116 Å². The molecule has 30 heavy (non-hydrogen) atoms. The first-order valence-electron chi connectivity index (χ1n) is 14.4. The summed E-state index contributed by atoms with van der Waals surface area (Å²) in [6.45, 7) is 2.59. The highest BCUT2D eigenvalue weighted by Gasteiger charge is 2.71. The zero-order valence-corrected chi connectivity index (χ0v) is 20.7. The van der Waals surface area contributed by atoms with Crippen LogP contribution < -0.4 is 0 Å². The van der Waals surface area contributed by atoms with E-state index in [0.717, 1.165) is 51.5 Å². The van der Waals surface area contributed by atoms with Crippen LogP contribution in [0.2, 0.25) is 0 Å². The summed E-state index contributed by atoms with van der Waals surface area (Å²) < 4.78 is 0. The minimum Gasteiger partial charge on any atom is -0.0992 e. The first kappa shape index (κ1) is 19.9. The first-order valence-corrected chi connectivity index (χ1v) is 16.1. The summed E-state index contributed by atoms with van der Waals surface area (Å²) in [5, 5.41) is 0.802. The van der Waals surface area contributed by atoms with Crippen LogP contribution in [0.4, 0.5) is 0 Å². The molecule has 9 fully saturated rings. The van der Waals surface area contributed by atoms with E-state index in [1.54, 1.807) is 115 Å². The van der Waals surface area contributed by atoms with E-state index in [4.69, 9.17) is 0 Å². The van der Waals surface area contributed by atoms with Crippen molar-refractivity contribution < 1.29 is 0 Å². The molecule has 0 radical (unpaired) electrons. The summed E-state index contributed by atoms with van der Waals surface area (Å²) in [6.07, 6.45) is 31.2. The lowest BCUT2D eigenvalue weighted by Crippen LogP contribution is -2.68. The summed E-state index contributed by atoms with van der Waals surface area (Å²) in [6, 6.07) is 0. The predicted molar refractivity (Wildman–Crippen MR) is 129 cm³/mol. The third-order valence-electron chi connectivity index (χ3n) is 12.3. The van der Waals surface area contributed by atoms with Crippen LogP contribution in [0.15, 0.2) is 0 Å². The third-order valence-corrected chi connectivity index (χ3v) is 16.3. The maximum absolute atomic E-state index is 2.59. The fourth-order valence-electron chi connectivity index (χ4n) is 12.8. The van der Waals surface area contributed by atoms with Gasteiger partial charge in [0.05, 0.1) is 0 Å². The molecule has 0 N–H and O–H groups in total. The van der Waals surface area contributed by atoms with Gasteiger partial charge in [0.15, 0.2) is 0 Å². The molecule has 0 nitrogen and oxygen atoms in total. The molecule has 9 rings (SSSR count). The molecule has 0 amide bonds. The Bertz CT molecular complexity index is 555. The molecule has 0 aromatic heterocycles. The van der Waals surface area contributed by atoms with Gasteiger partial charge in [-0.05, 0) is 155 Å². The van der Waals surface area contributed by atoms with Crippen molar-refractivity contribution >= 4 is 7.92 Å². The molecule has 8 aliphatic carbocycles. The molecule has 1 saturated heterocycles. The molecule has 0 aromatic carbocycles. The highest BCUT2D eigenvalue weighted by atomic mass is 31.1. The van der Waals surface area contributed by atoms with Crippen molar-refractivity contribution in [1.29, 1.82) is 0 Å². The molecule has 0 spiro atoms. The Balaban J connectivity index is 1.40. The minimum atomic E-state index is 0.253. The van der Waals surface area contributed by atoms with Gasteiger partial charge in [0.25, 0.3) is 0 Å². The summed E-state index contributed by atoms with van der Waals surface area (Å²) >= 11 is 0.